The van der Waals surface area contributed by atoms with Gasteiger partial charge in [-0.05, 0) is 29.7 Å². The molecular weight excluding hydrogens is 346 g/mol. The van der Waals surface area contributed by atoms with Crippen LogP contribution in [0, 0.1) is 5.92 Å². The minimum absolute atomic E-state index is 0.181. The van der Waals surface area contributed by atoms with E-state index in [-0.39, 0.29) is 18.2 Å². The molecule has 0 aliphatic heterocycles. The number of carboxylic acids is 1. The highest BCUT2D eigenvalue weighted by atomic mass is 79.9. The van der Waals surface area contributed by atoms with E-state index in [0.29, 0.717) is 11.4 Å². The molecule has 1 aromatic carbocycles. The zero-order chi connectivity index (χ0) is 15.3. The maximum atomic E-state index is 11.7. The van der Waals surface area contributed by atoms with E-state index in [1.54, 1.807) is 18.2 Å². The number of hydrogen-bond donors (Lipinski definition) is 2. The van der Waals surface area contributed by atoms with Crippen molar-refractivity contribution in [2.45, 2.75) is 32.7 Å². The summed E-state index contributed by atoms with van der Waals surface area (Å²) in [5, 5.41) is 12.3. The lowest BCUT2D eigenvalue weighted by Gasteiger charge is -2.16. The maximum Gasteiger partial charge on any atom is 0.326 e. The quantitative estimate of drug-likeness (QED) is 0.816. The molecule has 0 fully saturated rings. The SMILES string of the molecule is CC(C)CC(=O)N[C@H](Cc1cc(Cl)ccc1Br)C(=O)O. The Labute approximate surface area is 131 Å². The van der Waals surface area contributed by atoms with Gasteiger partial charge in [-0.2, -0.15) is 0 Å². The van der Waals surface area contributed by atoms with Gasteiger partial charge in [0.05, 0.1) is 0 Å². The van der Waals surface area contributed by atoms with Gasteiger partial charge in [-0.15, -0.1) is 0 Å². The lowest BCUT2D eigenvalue weighted by molar-refractivity contribution is -0.141. The lowest BCUT2D eigenvalue weighted by atomic mass is 10.0. The molecule has 0 unspecified atom stereocenters. The van der Waals surface area contributed by atoms with Crippen LogP contribution >= 0.6 is 27.5 Å². The molecule has 0 saturated heterocycles. The van der Waals surface area contributed by atoms with Crippen LogP contribution in [0.2, 0.25) is 5.02 Å². The molecular formula is C14H17BrClNO3. The Balaban J connectivity index is 2.80. The van der Waals surface area contributed by atoms with Gasteiger partial charge in [0.25, 0.3) is 0 Å². The second-order valence-electron chi connectivity index (χ2n) is 5.00. The molecule has 0 saturated carbocycles. The summed E-state index contributed by atoms with van der Waals surface area (Å²) in [5.41, 5.74) is 0.745. The molecule has 110 valence electrons. The molecule has 1 amide bonds. The van der Waals surface area contributed by atoms with Gasteiger partial charge in [0, 0.05) is 22.3 Å². The Bertz CT molecular complexity index is 505. The molecule has 4 nitrogen and oxygen atoms in total. The Morgan fingerprint density at radius 3 is 2.60 bits per heavy atom. The van der Waals surface area contributed by atoms with E-state index in [9.17, 15) is 14.7 Å². The number of halogens is 2. The monoisotopic (exact) mass is 361 g/mol. The van der Waals surface area contributed by atoms with Crippen molar-refractivity contribution in [2.24, 2.45) is 5.92 Å². The maximum absolute atomic E-state index is 11.7. The van der Waals surface area contributed by atoms with Gasteiger partial charge in [0.2, 0.25) is 5.91 Å². The van der Waals surface area contributed by atoms with Crippen molar-refractivity contribution >= 4 is 39.4 Å². The van der Waals surface area contributed by atoms with E-state index >= 15 is 0 Å². The minimum atomic E-state index is -1.06. The number of amides is 1. The molecule has 0 aliphatic carbocycles. The largest absolute Gasteiger partial charge is 0.480 e. The van der Waals surface area contributed by atoms with Crippen molar-refractivity contribution in [2.75, 3.05) is 0 Å². The summed E-state index contributed by atoms with van der Waals surface area (Å²) >= 11 is 9.25. The molecule has 6 heteroatoms. The zero-order valence-corrected chi connectivity index (χ0v) is 13.7. The van der Waals surface area contributed by atoms with Crippen LogP contribution in [0.4, 0.5) is 0 Å². The summed E-state index contributed by atoms with van der Waals surface area (Å²) in [6.45, 7) is 3.81. The van der Waals surface area contributed by atoms with Gasteiger partial charge in [-0.1, -0.05) is 41.4 Å². The molecule has 0 bridgehead atoms. The number of benzene rings is 1. The van der Waals surface area contributed by atoms with Crippen LogP contribution in [0.25, 0.3) is 0 Å². The van der Waals surface area contributed by atoms with Crippen molar-refractivity contribution in [1.82, 2.24) is 5.32 Å². The van der Waals surface area contributed by atoms with E-state index in [2.05, 4.69) is 21.2 Å². The fourth-order valence-corrected chi connectivity index (χ4v) is 2.35. The first kappa shape index (κ1) is 17.0. The molecule has 20 heavy (non-hydrogen) atoms. The average molecular weight is 363 g/mol. The van der Waals surface area contributed by atoms with Crippen LogP contribution < -0.4 is 5.32 Å². The van der Waals surface area contributed by atoms with E-state index in [1.165, 1.54) is 0 Å². The Morgan fingerprint density at radius 1 is 1.40 bits per heavy atom. The standard InChI is InChI=1S/C14H17BrClNO3/c1-8(2)5-13(18)17-12(14(19)20)7-9-6-10(16)3-4-11(9)15/h3-4,6,8,12H,5,7H2,1-2H3,(H,17,18)(H,19,20)/t12-/m1/s1. The van der Waals surface area contributed by atoms with Gasteiger partial charge in [0.1, 0.15) is 6.04 Å². The molecule has 1 aromatic rings. The first-order valence-electron chi connectivity index (χ1n) is 6.25. The van der Waals surface area contributed by atoms with E-state index in [4.69, 9.17) is 11.6 Å². The third-order valence-corrected chi connectivity index (χ3v) is 3.67. The van der Waals surface area contributed by atoms with Gasteiger partial charge in [-0.25, -0.2) is 4.79 Å². The fourth-order valence-electron chi connectivity index (χ4n) is 1.74. The molecule has 2 N–H and O–H groups in total. The van der Waals surface area contributed by atoms with Gasteiger partial charge in [0.15, 0.2) is 0 Å². The molecule has 0 aliphatic rings. The number of carbonyl (C=O) groups is 2. The predicted molar refractivity (Wildman–Crippen MR) is 81.9 cm³/mol. The van der Waals surface area contributed by atoms with Crippen LogP contribution in [-0.4, -0.2) is 23.0 Å². The fraction of sp³-hybridized carbons (Fsp3) is 0.429. The van der Waals surface area contributed by atoms with Crippen molar-refractivity contribution in [3.63, 3.8) is 0 Å². The first-order valence-corrected chi connectivity index (χ1v) is 7.42. The van der Waals surface area contributed by atoms with Crippen LogP contribution in [0.1, 0.15) is 25.8 Å². The number of carbonyl (C=O) groups excluding carboxylic acids is 1. The first-order chi connectivity index (χ1) is 9.29. The zero-order valence-electron chi connectivity index (χ0n) is 11.3. The van der Waals surface area contributed by atoms with Gasteiger partial charge >= 0.3 is 5.97 Å². The van der Waals surface area contributed by atoms with Gasteiger partial charge < -0.3 is 10.4 Å². The number of rotatable bonds is 6. The summed E-state index contributed by atoms with van der Waals surface area (Å²) in [6, 6.07) is 4.20. The molecule has 0 heterocycles. The summed E-state index contributed by atoms with van der Waals surface area (Å²) in [5.74, 6) is -1.14. The third-order valence-electron chi connectivity index (χ3n) is 2.66. The normalized spacial score (nSPS) is 12.2. The average Bonchev–Trinajstić information content (AvgIpc) is 2.31. The van der Waals surface area contributed by atoms with Crippen molar-refractivity contribution in [3.05, 3.63) is 33.3 Å². The smallest absolute Gasteiger partial charge is 0.326 e. The number of aliphatic carboxylic acids is 1. The molecule has 1 atom stereocenters. The van der Waals surface area contributed by atoms with Crippen LogP contribution in [0.15, 0.2) is 22.7 Å². The lowest BCUT2D eigenvalue weighted by Crippen LogP contribution is -2.42. The summed E-state index contributed by atoms with van der Waals surface area (Å²) in [7, 11) is 0. The van der Waals surface area contributed by atoms with E-state index in [0.717, 1.165) is 10.0 Å². The summed E-state index contributed by atoms with van der Waals surface area (Å²) in [6.07, 6.45) is 0.487. The molecule has 0 spiro atoms. The molecule has 0 radical (unpaired) electrons. The Hall–Kier alpha value is -1.07. The van der Waals surface area contributed by atoms with E-state index in [1.807, 2.05) is 13.8 Å². The summed E-state index contributed by atoms with van der Waals surface area (Å²) in [4.78, 5) is 23.0. The highest BCUT2D eigenvalue weighted by molar-refractivity contribution is 9.10. The van der Waals surface area contributed by atoms with Crippen molar-refractivity contribution < 1.29 is 14.7 Å². The highest BCUT2D eigenvalue weighted by Gasteiger charge is 2.21. The van der Waals surface area contributed by atoms with Crippen LogP contribution in [0.3, 0.4) is 0 Å². The van der Waals surface area contributed by atoms with Crippen LogP contribution in [0.5, 0.6) is 0 Å². The van der Waals surface area contributed by atoms with Crippen molar-refractivity contribution in [1.29, 1.82) is 0 Å². The number of hydrogen-bond acceptors (Lipinski definition) is 2. The number of nitrogens with one attached hydrogen (secondary N) is 1. The predicted octanol–water partition coefficient (Wildman–Crippen LogP) is 3.26. The second kappa shape index (κ2) is 7.64. The Kier molecular flexibility index (Phi) is 6.49. The molecule has 1 rings (SSSR count). The van der Waals surface area contributed by atoms with Gasteiger partial charge in [-0.3, -0.25) is 4.79 Å². The number of carboxylic acid groups (broad SMARTS) is 1. The minimum Gasteiger partial charge on any atom is -0.480 e. The third kappa shape index (κ3) is 5.51. The molecule has 0 aromatic heterocycles. The van der Waals surface area contributed by atoms with Crippen molar-refractivity contribution in [3.8, 4) is 0 Å². The van der Waals surface area contributed by atoms with E-state index < -0.39 is 12.0 Å². The van der Waals surface area contributed by atoms with Crippen LogP contribution in [-0.2, 0) is 16.0 Å². The second-order valence-corrected chi connectivity index (χ2v) is 6.29. The highest BCUT2D eigenvalue weighted by Crippen LogP contribution is 2.22. The summed E-state index contributed by atoms with van der Waals surface area (Å²) < 4.78 is 0.770. The Morgan fingerprint density at radius 2 is 2.05 bits per heavy atom. The topological polar surface area (TPSA) is 66.4 Å².